The third-order valence-electron chi connectivity index (χ3n) is 1.83. The highest BCUT2D eigenvalue weighted by molar-refractivity contribution is 5.09. The van der Waals surface area contributed by atoms with Gasteiger partial charge in [0.15, 0.2) is 0 Å². The Hall–Kier alpha value is -0.800. The topological polar surface area (TPSA) is 43.0 Å². The molecule has 1 aromatic rings. The highest BCUT2D eigenvalue weighted by atomic mass is 14.9. The zero-order valence-electron chi connectivity index (χ0n) is 7.59. The maximum Gasteiger partial charge on any atom is 0.0221 e. The molecule has 0 aliphatic carbocycles. The molecular weight excluding hydrogens is 150 g/mol. The molecule has 0 saturated carbocycles. The predicted octanol–water partition coefficient (Wildman–Crippen LogP) is 0.556. The van der Waals surface area contributed by atoms with Crippen LogP contribution in [0.25, 0.3) is 0 Å². The molecule has 1 aromatic heterocycles. The minimum absolute atomic E-state index is 0.703. The molecule has 1 heterocycles. The van der Waals surface area contributed by atoms with Crippen molar-refractivity contribution < 1.29 is 0 Å². The summed E-state index contributed by atoms with van der Waals surface area (Å²) < 4.78 is 2.17. The summed E-state index contributed by atoms with van der Waals surface area (Å²) in [5.74, 6) is 0. The van der Waals surface area contributed by atoms with Gasteiger partial charge < -0.3 is 15.6 Å². The lowest BCUT2D eigenvalue weighted by Crippen LogP contribution is -2.21. The molecule has 3 nitrogen and oxygen atoms in total. The third kappa shape index (κ3) is 2.68. The molecule has 3 heteroatoms. The molecule has 0 aliphatic rings. The van der Waals surface area contributed by atoms with Crippen LogP contribution in [0.1, 0.15) is 12.5 Å². The second-order valence-corrected chi connectivity index (χ2v) is 2.82. The van der Waals surface area contributed by atoms with E-state index in [1.807, 2.05) is 0 Å². The lowest BCUT2D eigenvalue weighted by molar-refractivity contribution is 0.690. The van der Waals surface area contributed by atoms with E-state index < -0.39 is 0 Å². The lowest BCUT2D eigenvalue weighted by Gasteiger charge is -1.99. The largest absolute Gasteiger partial charge is 0.354 e. The molecule has 0 saturated heterocycles. The van der Waals surface area contributed by atoms with E-state index in [0.717, 1.165) is 19.6 Å². The standard InChI is InChI=1S/C9H17N3/c1-2-12-6-3-9(8-12)7-11-5-4-10/h3,6,8,11H,2,4-5,7,10H2,1H3. The molecule has 0 unspecified atom stereocenters. The van der Waals surface area contributed by atoms with Crippen LogP contribution >= 0.6 is 0 Å². The Kier molecular flexibility index (Phi) is 3.84. The van der Waals surface area contributed by atoms with Gasteiger partial charge in [-0.2, -0.15) is 0 Å². The first-order valence-electron chi connectivity index (χ1n) is 4.42. The molecule has 1 rings (SSSR count). The van der Waals surface area contributed by atoms with Crippen LogP contribution in [0.2, 0.25) is 0 Å². The first kappa shape index (κ1) is 9.29. The van der Waals surface area contributed by atoms with Gasteiger partial charge in [-0.15, -0.1) is 0 Å². The fourth-order valence-electron chi connectivity index (χ4n) is 1.13. The molecule has 0 aromatic carbocycles. The van der Waals surface area contributed by atoms with E-state index in [1.54, 1.807) is 0 Å². The number of hydrogen-bond donors (Lipinski definition) is 2. The van der Waals surface area contributed by atoms with Crippen molar-refractivity contribution in [3.05, 3.63) is 24.0 Å². The van der Waals surface area contributed by atoms with Gasteiger partial charge in [-0.1, -0.05) is 0 Å². The molecule has 0 spiro atoms. The first-order valence-corrected chi connectivity index (χ1v) is 4.42. The maximum absolute atomic E-state index is 5.36. The lowest BCUT2D eigenvalue weighted by atomic mass is 10.3. The Morgan fingerprint density at radius 2 is 2.42 bits per heavy atom. The number of hydrogen-bond acceptors (Lipinski definition) is 2. The van der Waals surface area contributed by atoms with Gasteiger partial charge in [-0.05, 0) is 18.6 Å². The van der Waals surface area contributed by atoms with Crippen molar-refractivity contribution in [1.29, 1.82) is 0 Å². The minimum Gasteiger partial charge on any atom is -0.354 e. The van der Waals surface area contributed by atoms with Gasteiger partial charge >= 0.3 is 0 Å². The highest BCUT2D eigenvalue weighted by Gasteiger charge is 1.93. The van der Waals surface area contributed by atoms with Crippen LogP contribution in [0.15, 0.2) is 18.5 Å². The molecule has 0 aliphatic heterocycles. The van der Waals surface area contributed by atoms with Crippen molar-refractivity contribution in [2.45, 2.75) is 20.0 Å². The summed E-state index contributed by atoms with van der Waals surface area (Å²) in [6.07, 6.45) is 4.25. The molecule has 0 bridgehead atoms. The molecular formula is C9H17N3. The Balaban J connectivity index is 2.31. The smallest absolute Gasteiger partial charge is 0.0221 e. The van der Waals surface area contributed by atoms with Crippen molar-refractivity contribution >= 4 is 0 Å². The normalized spacial score (nSPS) is 10.5. The second-order valence-electron chi connectivity index (χ2n) is 2.82. The Bertz CT molecular complexity index is 217. The van der Waals surface area contributed by atoms with Crippen molar-refractivity contribution in [1.82, 2.24) is 9.88 Å². The summed E-state index contributed by atoms with van der Waals surface area (Å²) in [4.78, 5) is 0. The van der Waals surface area contributed by atoms with Crippen molar-refractivity contribution in [3.63, 3.8) is 0 Å². The van der Waals surface area contributed by atoms with Gasteiger partial charge in [0.2, 0.25) is 0 Å². The van der Waals surface area contributed by atoms with Crippen LogP contribution in [-0.2, 0) is 13.1 Å². The van der Waals surface area contributed by atoms with E-state index in [0.29, 0.717) is 6.54 Å². The van der Waals surface area contributed by atoms with Gasteiger partial charge in [0.1, 0.15) is 0 Å². The van der Waals surface area contributed by atoms with Gasteiger partial charge in [-0.3, -0.25) is 0 Å². The average molecular weight is 167 g/mol. The van der Waals surface area contributed by atoms with E-state index in [4.69, 9.17) is 5.73 Å². The van der Waals surface area contributed by atoms with Gasteiger partial charge in [0, 0.05) is 38.6 Å². The minimum atomic E-state index is 0.703. The summed E-state index contributed by atoms with van der Waals surface area (Å²) in [5, 5.41) is 3.25. The van der Waals surface area contributed by atoms with E-state index in [9.17, 15) is 0 Å². The molecule has 0 atom stereocenters. The average Bonchev–Trinajstić information content (AvgIpc) is 2.53. The zero-order chi connectivity index (χ0) is 8.81. The highest BCUT2D eigenvalue weighted by Crippen LogP contribution is 1.99. The van der Waals surface area contributed by atoms with Crippen molar-refractivity contribution in [3.8, 4) is 0 Å². The van der Waals surface area contributed by atoms with Crippen LogP contribution in [0, 0.1) is 0 Å². The predicted molar refractivity (Wildman–Crippen MR) is 50.9 cm³/mol. The number of aromatic nitrogens is 1. The third-order valence-corrected chi connectivity index (χ3v) is 1.83. The van der Waals surface area contributed by atoms with Crippen molar-refractivity contribution in [2.75, 3.05) is 13.1 Å². The fraction of sp³-hybridized carbons (Fsp3) is 0.556. The number of nitrogens with two attached hydrogens (primary N) is 1. The van der Waals surface area contributed by atoms with E-state index in [2.05, 4.69) is 35.3 Å². The van der Waals surface area contributed by atoms with Crippen LogP contribution in [-0.4, -0.2) is 17.7 Å². The van der Waals surface area contributed by atoms with Crippen LogP contribution in [0.5, 0.6) is 0 Å². The summed E-state index contributed by atoms with van der Waals surface area (Å²) in [5.41, 5.74) is 6.68. The summed E-state index contributed by atoms with van der Waals surface area (Å²) in [6, 6.07) is 2.13. The van der Waals surface area contributed by atoms with Crippen LogP contribution in [0.3, 0.4) is 0 Å². The van der Waals surface area contributed by atoms with E-state index >= 15 is 0 Å². The zero-order valence-corrected chi connectivity index (χ0v) is 7.59. The van der Waals surface area contributed by atoms with Crippen LogP contribution in [0.4, 0.5) is 0 Å². The molecule has 3 N–H and O–H groups in total. The monoisotopic (exact) mass is 167 g/mol. The quantitative estimate of drug-likeness (QED) is 0.629. The Morgan fingerprint density at radius 1 is 1.58 bits per heavy atom. The molecule has 12 heavy (non-hydrogen) atoms. The first-order chi connectivity index (χ1) is 5.86. The number of aryl methyl sites for hydroxylation is 1. The van der Waals surface area contributed by atoms with Gasteiger partial charge in [0.05, 0.1) is 0 Å². The number of nitrogens with one attached hydrogen (secondary N) is 1. The summed E-state index contributed by atoms with van der Waals surface area (Å²) in [6.45, 7) is 5.68. The number of rotatable bonds is 5. The Morgan fingerprint density at radius 3 is 3.00 bits per heavy atom. The SMILES string of the molecule is CCn1ccc(CNCCN)c1. The van der Waals surface area contributed by atoms with E-state index in [1.165, 1.54) is 5.56 Å². The second kappa shape index (κ2) is 4.95. The molecule has 68 valence electrons. The molecule has 0 fully saturated rings. The summed E-state index contributed by atoms with van der Waals surface area (Å²) >= 11 is 0. The van der Waals surface area contributed by atoms with E-state index in [-0.39, 0.29) is 0 Å². The van der Waals surface area contributed by atoms with Crippen LogP contribution < -0.4 is 11.1 Å². The summed E-state index contributed by atoms with van der Waals surface area (Å²) in [7, 11) is 0. The fourth-order valence-corrected chi connectivity index (χ4v) is 1.13. The van der Waals surface area contributed by atoms with Gasteiger partial charge in [0.25, 0.3) is 0 Å². The van der Waals surface area contributed by atoms with Crippen molar-refractivity contribution in [2.24, 2.45) is 5.73 Å². The Labute approximate surface area is 73.6 Å². The van der Waals surface area contributed by atoms with Gasteiger partial charge in [-0.25, -0.2) is 0 Å². The molecule has 0 amide bonds. The molecule has 0 radical (unpaired) electrons. The number of nitrogens with zero attached hydrogens (tertiary/aromatic N) is 1. The maximum atomic E-state index is 5.36.